The summed E-state index contributed by atoms with van der Waals surface area (Å²) in [6.07, 6.45) is 8.02. The van der Waals surface area contributed by atoms with Crippen molar-refractivity contribution in [1.82, 2.24) is 20.7 Å². The highest BCUT2D eigenvalue weighted by Crippen LogP contribution is 2.49. The van der Waals surface area contributed by atoms with Gasteiger partial charge in [0.25, 0.3) is 0 Å². The van der Waals surface area contributed by atoms with E-state index in [0.29, 0.717) is 12.0 Å². The fraction of sp³-hybridized carbons (Fsp3) is 0.812. The first-order valence-electron chi connectivity index (χ1n) is 8.39. The van der Waals surface area contributed by atoms with Crippen LogP contribution in [0.1, 0.15) is 50.4 Å². The molecule has 5 atom stereocenters. The quantitative estimate of drug-likeness (QED) is 0.891. The van der Waals surface area contributed by atoms with Gasteiger partial charge in [0.15, 0.2) is 0 Å². The number of fused-ring (bicyclic) bond motifs is 3. The van der Waals surface area contributed by atoms with Gasteiger partial charge >= 0.3 is 0 Å². The van der Waals surface area contributed by atoms with E-state index in [0.717, 1.165) is 42.5 Å². The average Bonchev–Trinajstić information content (AvgIpc) is 3.21. The molecule has 0 spiro atoms. The number of carbonyl (C=O) groups is 1. The van der Waals surface area contributed by atoms with Gasteiger partial charge in [0, 0.05) is 18.4 Å². The summed E-state index contributed by atoms with van der Waals surface area (Å²) in [5.74, 6) is 2.80. The summed E-state index contributed by atoms with van der Waals surface area (Å²) in [6, 6.07) is 0.325. The van der Waals surface area contributed by atoms with E-state index in [4.69, 9.17) is 0 Å². The molecule has 114 valence electrons. The van der Waals surface area contributed by atoms with Gasteiger partial charge in [-0.2, -0.15) is 15.4 Å². The Balaban J connectivity index is 1.36. The number of nitrogens with one attached hydrogen (secondary N) is 2. The molecule has 0 aromatic carbocycles. The highest BCUT2D eigenvalue weighted by Gasteiger charge is 2.42. The van der Waals surface area contributed by atoms with Gasteiger partial charge in [-0.1, -0.05) is 6.42 Å². The molecule has 5 nitrogen and oxygen atoms in total. The summed E-state index contributed by atoms with van der Waals surface area (Å²) in [7, 11) is 0. The normalized spacial score (nSPS) is 35.5. The van der Waals surface area contributed by atoms with Crippen molar-refractivity contribution in [1.29, 1.82) is 0 Å². The molecule has 1 amide bonds. The zero-order chi connectivity index (χ0) is 14.4. The number of carbonyl (C=O) groups excluding carboxylic acids is 1. The Morgan fingerprint density at radius 2 is 2.10 bits per heavy atom. The molecule has 21 heavy (non-hydrogen) atoms. The molecule has 0 saturated heterocycles. The first-order valence-corrected chi connectivity index (χ1v) is 8.39. The fourth-order valence-corrected chi connectivity index (χ4v) is 4.86. The Morgan fingerprint density at radius 3 is 2.86 bits per heavy atom. The number of aromatic amines is 1. The lowest BCUT2D eigenvalue weighted by Gasteiger charge is -2.30. The van der Waals surface area contributed by atoms with Crippen LogP contribution in [0.2, 0.25) is 0 Å². The number of aromatic nitrogens is 3. The summed E-state index contributed by atoms with van der Waals surface area (Å²) in [4.78, 5) is 12.5. The third-order valence-electron chi connectivity index (χ3n) is 6.05. The van der Waals surface area contributed by atoms with Gasteiger partial charge in [-0.25, -0.2) is 0 Å². The van der Waals surface area contributed by atoms with Crippen LogP contribution in [0.5, 0.6) is 0 Å². The van der Waals surface area contributed by atoms with Crippen molar-refractivity contribution in [2.24, 2.45) is 23.7 Å². The van der Waals surface area contributed by atoms with Crippen molar-refractivity contribution in [3.8, 4) is 0 Å². The first-order chi connectivity index (χ1) is 10.2. The fourth-order valence-electron chi connectivity index (χ4n) is 4.86. The molecule has 4 rings (SSSR count). The van der Waals surface area contributed by atoms with E-state index in [1.165, 1.54) is 25.7 Å². The van der Waals surface area contributed by atoms with Crippen LogP contribution in [0.25, 0.3) is 0 Å². The van der Waals surface area contributed by atoms with E-state index in [1.54, 1.807) is 0 Å². The van der Waals surface area contributed by atoms with E-state index in [2.05, 4.69) is 27.7 Å². The Labute approximate surface area is 125 Å². The van der Waals surface area contributed by atoms with Gasteiger partial charge in [-0.05, 0) is 56.8 Å². The van der Waals surface area contributed by atoms with Crippen LogP contribution in [0.4, 0.5) is 0 Å². The SMILES string of the molecule is CC(NC(=O)C1CCc2n[nH]nc2C1)C1CC2CCC1C2. The molecule has 3 aliphatic carbocycles. The van der Waals surface area contributed by atoms with Gasteiger partial charge < -0.3 is 5.32 Å². The standard InChI is InChI=1S/C16H24N4O/c1-9(13-7-10-2-3-11(13)6-10)17-16(21)12-4-5-14-15(8-12)19-20-18-14/h9-13H,2-8H2,1H3,(H,17,21)(H,18,19,20). The summed E-state index contributed by atoms with van der Waals surface area (Å²) in [5.41, 5.74) is 2.02. The van der Waals surface area contributed by atoms with Gasteiger partial charge in [0.05, 0.1) is 11.4 Å². The Morgan fingerprint density at radius 1 is 1.24 bits per heavy atom. The highest BCUT2D eigenvalue weighted by atomic mass is 16.1. The Hall–Kier alpha value is -1.39. The number of amides is 1. The molecule has 5 heteroatoms. The molecule has 2 fully saturated rings. The molecule has 3 aliphatic rings. The van der Waals surface area contributed by atoms with Crippen LogP contribution >= 0.6 is 0 Å². The molecular weight excluding hydrogens is 264 g/mol. The second-order valence-electron chi connectivity index (χ2n) is 7.29. The minimum absolute atomic E-state index is 0.0728. The van der Waals surface area contributed by atoms with Crippen molar-refractivity contribution < 1.29 is 4.79 Å². The largest absolute Gasteiger partial charge is 0.353 e. The molecular formula is C16H24N4O. The molecule has 0 aliphatic heterocycles. The smallest absolute Gasteiger partial charge is 0.223 e. The molecule has 2 N–H and O–H groups in total. The van der Waals surface area contributed by atoms with Gasteiger partial charge in [0.2, 0.25) is 5.91 Å². The number of nitrogens with zero attached hydrogens (tertiary/aromatic N) is 2. The van der Waals surface area contributed by atoms with E-state index in [1.807, 2.05) is 0 Å². The van der Waals surface area contributed by atoms with E-state index in [9.17, 15) is 4.79 Å². The third kappa shape index (κ3) is 2.36. The topological polar surface area (TPSA) is 70.7 Å². The molecule has 1 aromatic heterocycles. The summed E-state index contributed by atoms with van der Waals surface area (Å²) in [6.45, 7) is 2.20. The minimum Gasteiger partial charge on any atom is -0.353 e. The van der Waals surface area contributed by atoms with Crippen molar-refractivity contribution in [2.45, 2.75) is 57.9 Å². The lowest BCUT2D eigenvalue weighted by atomic mass is 9.83. The highest BCUT2D eigenvalue weighted by molar-refractivity contribution is 5.79. The van der Waals surface area contributed by atoms with E-state index in [-0.39, 0.29) is 11.8 Å². The molecule has 1 aromatic rings. The molecule has 1 heterocycles. The lowest BCUT2D eigenvalue weighted by molar-refractivity contribution is -0.126. The van der Waals surface area contributed by atoms with Crippen molar-refractivity contribution >= 4 is 5.91 Å². The third-order valence-corrected chi connectivity index (χ3v) is 6.05. The zero-order valence-electron chi connectivity index (χ0n) is 12.6. The Bertz CT molecular complexity index is 540. The maximum Gasteiger partial charge on any atom is 0.223 e. The number of hydrogen-bond acceptors (Lipinski definition) is 3. The summed E-state index contributed by atoms with van der Waals surface area (Å²) in [5, 5.41) is 14.3. The van der Waals surface area contributed by atoms with Crippen LogP contribution < -0.4 is 5.32 Å². The molecule has 2 saturated carbocycles. The first kappa shape index (κ1) is 13.3. The maximum atomic E-state index is 12.5. The average molecular weight is 288 g/mol. The van der Waals surface area contributed by atoms with Crippen LogP contribution in [0.3, 0.4) is 0 Å². The number of rotatable bonds is 3. The summed E-state index contributed by atoms with van der Waals surface area (Å²) >= 11 is 0. The lowest BCUT2D eigenvalue weighted by Crippen LogP contribution is -2.44. The van der Waals surface area contributed by atoms with E-state index >= 15 is 0 Å². The monoisotopic (exact) mass is 288 g/mol. The molecule has 0 radical (unpaired) electrons. The van der Waals surface area contributed by atoms with Gasteiger partial charge in [-0.3, -0.25) is 4.79 Å². The predicted molar refractivity (Wildman–Crippen MR) is 78.4 cm³/mol. The van der Waals surface area contributed by atoms with Crippen molar-refractivity contribution in [3.63, 3.8) is 0 Å². The second kappa shape index (κ2) is 5.11. The molecule has 2 bridgehead atoms. The van der Waals surface area contributed by atoms with Gasteiger partial charge in [-0.15, -0.1) is 0 Å². The van der Waals surface area contributed by atoms with Crippen LogP contribution in [-0.2, 0) is 17.6 Å². The van der Waals surface area contributed by atoms with Gasteiger partial charge in [0.1, 0.15) is 0 Å². The summed E-state index contributed by atoms with van der Waals surface area (Å²) < 4.78 is 0. The Kier molecular flexibility index (Phi) is 3.23. The molecule has 5 unspecified atom stereocenters. The van der Waals surface area contributed by atoms with Crippen molar-refractivity contribution in [3.05, 3.63) is 11.4 Å². The second-order valence-corrected chi connectivity index (χ2v) is 7.29. The maximum absolute atomic E-state index is 12.5. The van der Waals surface area contributed by atoms with Crippen LogP contribution in [0, 0.1) is 23.7 Å². The van der Waals surface area contributed by atoms with Crippen LogP contribution in [-0.4, -0.2) is 27.4 Å². The minimum atomic E-state index is 0.0728. The predicted octanol–water partition coefficient (Wildman–Crippen LogP) is 1.85. The van der Waals surface area contributed by atoms with E-state index < -0.39 is 0 Å². The number of aryl methyl sites for hydroxylation is 1. The number of hydrogen-bond donors (Lipinski definition) is 2. The van der Waals surface area contributed by atoms with Crippen LogP contribution in [0.15, 0.2) is 0 Å². The zero-order valence-corrected chi connectivity index (χ0v) is 12.6. The van der Waals surface area contributed by atoms with Crippen molar-refractivity contribution in [2.75, 3.05) is 0 Å². The number of H-pyrrole nitrogens is 1.